The fourth-order valence-electron chi connectivity index (χ4n) is 2.24. The van der Waals surface area contributed by atoms with E-state index in [9.17, 15) is 4.39 Å². The number of nitriles is 1. The van der Waals surface area contributed by atoms with Gasteiger partial charge in [-0.15, -0.1) is 0 Å². The first kappa shape index (κ1) is 25.8. The smallest absolute Gasteiger partial charge is 0.140 e. The number of anilines is 1. The van der Waals surface area contributed by atoms with Gasteiger partial charge in [0.2, 0.25) is 0 Å². The summed E-state index contributed by atoms with van der Waals surface area (Å²) in [7, 11) is 0. The van der Waals surface area contributed by atoms with Gasteiger partial charge in [0.25, 0.3) is 0 Å². The quantitative estimate of drug-likeness (QED) is 0.597. The molecule has 0 aliphatic carbocycles. The second kappa shape index (κ2) is 14.9. The summed E-state index contributed by atoms with van der Waals surface area (Å²) < 4.78 is 13.3. The molecule has 0 bridgehead atoms. The normalized spacial score (nSPS) is 8.69. The maximum Gasteiger partial charge on any atom is 0.140 e. The lowest BCUT2D eigenvalue weighted by Gasteiger charge is -2.21. The lowest BCUT2D eigenvalue weighted by Crippen LogP contribution is -2.24. The van der Waals surface area contributed by atoms with Gasteiger partial charge in [0.1, 0.15) is 17.7 Å². The summed E-state index contributed by atoms with van der Waals surface area (Å²) in [5, 5.41) is 8.89. The Morgan fingerprint density at radius 1 is 1.04 bits per heavy atom. The molecule has 0 N–H and O–H groups in total. The number of nitrogens with zero attached hydrogens (tertiary/aromatic N) is 3. The van der Waals surface area contributed by atoms with Crippen LogP contribution >= 0.6 is 0 Å². The molecule has 0 radical (unpaired) electrons. The number of pyridine rings is 1. The molecule has 3 nitrogen and oxygen atoms in total. The average Bonchev–Trinajstić information content (AvgIpc) is 2.70. The zero-order valence-corrected chi connectivity index (χ0v) is 16.3. The lowest BCUT2D eigenvalue weighted by atomic mass is 10.0. The number of rotatable bonds is 5. The largest absolute Gasteiger partial charge is 0.357 e. The van der Waals surface area contributed by atoms with Crippen molar-refractivity contribution in [3.8, 4) is 17.2 Å². The Balaban J connectivity index is 0. The van der Waals surface area contributed by atoms with Crippen LogP contribution in [0, 0.1) is 17.1 Å². The fraction of sp³-hybridized carbons (Fsp3) is 0.455. The van der Waals surface area contributed by atoms with Gasteiger partial charge >= 0.3 is 0 Å². The van der Waals surface area contributed by atoms with E-state index in [0.717, 1.165) is 36.5 Å². The van der Waals surface area contributed by atoms with Gasteiger partial charge in [-0.2, -0.15) is 5.26 Å². The third-order valence-electron chi connectivity index (χ3n) is 3.37. The maximum absolute atomic E-state index is 13.3. The van der Waals surface area contributed by atoms with Crippen LogP contribution in [0.15, 0.2) is 36.5 Å². The van der Waals surface area contributed by atoms with Crippen LogP contribution in [0.2, 0.25) is 0 Å². The molecule has 2 rings (SSSR count). The summed E-state index contributed by atoms with van der Waals surface area (Å²) in [6.07, 6.45) is 2.84. The van der Waals surface area contributed by atoms with Gasteiger partial charge in [0.05, 0.1) is 5.56 Å². The Kier molecular flexibility index (Phi) is 14.8. The molecular weight excluding hydrogens is 325 g/mol. The van der Waals surface area contributed by atoms with E-state index in [1.165, 1.54) is 6.07 Å². The molecule has 0 amide bonds. The van der Waals surface area contributed by atoms with Crippen molar-refractivity contribution in [3.63, 3.8) is 0 Å². The molecule has 0 atom stereocenters. The Labute approximate surface area is 159 Å². The summed E-state index contributed by atoms with van der Waals surface area (Å²) in [5.41, 5.74) is 1.73. The summed E-state index contributed by atoms with van der Waals surface area (Å²) in [4.78, 5) is 6.68. The first-order valence-corrected chi connectivity index (χ1v) is 9.10. The third-order valence-corrected chi connectivity index (χ3v) is 3.37. The Morgan fingerprint density at radius 2 is 1.65 bits per heavy atom. The first-order chi connectivity index (χ1) is 12.2. The van der Waals surface area contributed by atoms with Crippen LogP contribution in [0.1, 0.15) is 61.0 Å². The molecule has 0 aliphatic heterocycles. The van der Waals surface area contributed by atoms with Gasteiger partial charge in [-0.25, -0.2) is 9.37 Å². The van der Waals surface area contributed by atoms with Gasteiger partial charge in [0.15, 0.2) is 0 Å². The van der Waals surface area contributed by atoms with Crippen molar-refractivity contribution in [3.05, 3.63) is 47.9 Å². The first-order valence-electron chi connectivity index (χ1n) is 9.10. The number of hydrogen-bond donors (Lipinski definition) is 0. The van der Waals surface area contributed by atoms with E-state index in [0.29, 0.717) is 0 Å². The maximum atomic E-state index is 13.3. The van der Waals surface area contributed by atoms with Gasteiger partial charge in [-0.1, -0.05) is 48.1 Å². The number of halogens is 1. The predicted molar refractivity (Wildman–Crippen MR) is 112 cm³/mol. The van der Waals surface area contributed by atoms with E-state index in [2.05, 4.69) is 23.7 Å². The van der Waals surface area contributed by atoms with Crippen LogP contribution < -0.4 is 4.90 Å². The molecule has 26 heavy (non-hydrogen) atoms. The third kappa shape index (κ3) is 7.23. The summed E-state index contributed by atoms with van der Waals surface area (Å²) in [6, 6.07) is 10.3. The van der Waals surface area contributed by atoms with E-state index in [4.69, 9.17) is 5.26 Å². The van der Waals surface area contributed by atoms with Gasteiger partial charge in [-0.05, 0) is 43.2 Å². The molecule has 1 heterocycles. The Bertz CT molecular complexity index is 645. The molecule has 0 unspecified atom stereocenters. The molecule has 4 heteroatoms. The van der Waals surface area contributed by atoms with Crippen molar-refractivity contribution in [2.24, 2.45) is 0 Å². The molecule has 1 aromatic heterocycles. The highest BCUT2D eigenvalue weighted by atomic mass is 19.1. The molecule has 0 fully saturated rings. The minimum atomic E-state index is -0.495. The average molecular weight is 360 g/mol. The molecule has 1 aromatic carbocycles. The van der Waals surface area contributed by atoms with Crippen molar-refractivity contribution in [2.75, 3.05) is 18.0 Å². The van der Waals surface area contributed by atoms with E-state index >= 15 is 0 Å². The van der Waals surface area contributed by atoms with Crippen molar-refractivity contribution >= 4 is 5.82 Å². The Hall–Kier alpha value is -2.41. The summed E-state index contributed by atoms with van der Waals surface area (Å²) >= 11 is 0. The van der Waals surface area contributed by atoms with Gasteiger partial charge < -0.3 is 4.90 Å². The van der Waals surface area contributed by atoms with Crippen LogP contribution in [0.3, 0.4) is 0 Å². The van der Waals surface area contributed by atoms with E-state index in [1.54, 1.807) is 18.3 Å². The second-order valence-corrected chi connectivity index (χ2v) is 4.79. The molecule has 0 saturated carbocycles. The van der Waals surface area contributed by atoms with Crippen LogP contribution in [0.5, 0.6) is 0 Å². The minimum Gasteiger partial charge on any atom is -0.357 e. The molecule has 0 spiro atoms. The zero-order chi connectivity index (χ0) is 19.2. The monoisotopic (exact) mass is 359 g/mol. The number of hydrogen-bond acceptors (Lipinski definition) is 3. The molecule has 144 valence electrons. The minimum absolute atomic E-state index is 0. The van der Waals surface area contributed by atoms with Crippen LogP contribution in [0.25, 0.3) is 11.1 Å². The van der Waals surface area contributed by atoms with Crippen LogP contribution in [0.4, 0.5) is 10.2 Å². The fourth-order valence-corrected chi connectivity index (χ4v) is 2.24. The highest BCUT2D eigenvalue weighted by molar-refractivity contribution is 5.65. The predicted octanol–water partition coefficient (Wildman–Crippen LogP) is 6.68. The Morgan fingerprint density at radius 3 is 2.12 bits per heavy atom. The number of aromatic nitrogens is 1. The SMILES string of the molecule is C.CC.CC.CCCN(CC)c1ccc(-c2ccc(F)c(C#N)c2)cn1. The highest BCUT2D eigenvalue weighted by Gasteiger charge is 2.07. The van der Waals surface area contributed by atoms with Crippen LogP contribution in [-0.4, -0.2) is 18.1 Å². The van der Waals surface area contributed by atoms with Crippen molar-refractivity contribution in [2.45, 2.75) is 55.4 Å². The van der Waals surface area contributed by atoms with Crippen LogP contribution in [-0.2, 0) is 0 Å². The molecule has 2 aromatic rings. The van der Waals surface area contributed by atoms with Crippen molar-refractivity contribution in [1.82, 2.24) is 4.98 Å². The molecular formula is C22H34FN3. The lowest BCUT2D eigenvalue weighted by molar-refractivity contribution is 0.624. The topological polar surface area (TPSA) is 39.9 Å². The second-order valence-electron chi connectivity index (χ2n) is 4.79. The van der Waals surface area contributed by atoms with Crippen molar-refractivity contribution in [1.29, 1.82) is 5.26 Å². The summed E-state index contributed by atoms with van der Waals surface area (Å²) in [5.74, 6) is 0.441. The highest BCUT2D eigenvalue weighted by Crippen LogP contribution is 2.23. The van der Waals surface area contributed by atoms with E-state index < -0.39 is 5.82 Å². The van der Waals surface area contributed by atoms with Gasteiger partial charge in [-0.3, -0.25) is 0 Å². The molecule has 0 aliphatic rings. The zero-order valence-electron chi connectivity index (χ0n) is 16.3. The van der Waals surface area contributed by atoms with Crippen molar-refractivity contribution < 1.29 is 4.39 Å². The summed E-state index contributed by atoms with van der Waals surface area (Å²) in [6.45, 7) is 14.1. The van der Waals surface area contributed by atoms with E-state index in [-0.39, 0.29) is 13.0 Å². The standard InChI is InChI=1S/C17H18FN3.2C2H6.CH4/c1-3-9-21(4-2)17-8-6-14(12-20-17)13-5-7-16(18)15(10-13)11-19;2*1-2;/h5-8,10,12H,3-4,9H2,1-2H3;2*1-2H3;1H4. The number of benzene rings is 1. The van der Waals surface area contributed by atoms with Gasteiger partial charge in [0, 0.05) is 24.8 Å². The van der Waals surface area contributed by atoms with E-state index in [1.807, 2.05) is 45.9 Å². The molecule has 0 saturated heterocycles.